The molecule has 0 aromatic carbocycles. The predicted molar refractivity (Wildman–Crippen MR) is 62.4 cm³/mol. The summed E-state index contributed by atoms with van der Waals surface area (Å²) in [6.45, 7) is 13.3. The summed E-state index contributed by atoms with van der Waals surface area (Å²) in [5.41, 5.74) is 0.388. The summed E-state index contributed by atoms with van der Waals surface area (Å²) in [6, 6.07) is 0. The number of rotatable bonds is 6. The van der Waals surface area contributed by atoms with E-state index in [1.54, 1.807) is 0 Å². The standard InChI is InChI=1S/C12H27NO/c1-7-11(2,3)8-13(6)9-12(4,5)10-14/h14H,7-10H2,1-6H3. The van der Waals surface area contributed by atoms with Crippen molar-refractivity contribution in [1.82, 2.24) is 4.90 Å². The molecule has 0 aliphatic rings. The first-order valence-electron chi connectivity index (χ1n) is 5.52. The van der Waals surface area contributed by atoms with E-state index in [-0.39, 0.29) is 12.0 Å². The summed E-state index contributed by atoms with van der Waals surface area (Å²) in [5, 5.41) is 9.17. The van der Waals surface area contributed by atoms with Gasteiger partial charge in [0.05, 0.1) is 0 Å². The summed E-state index contributed by atoms with van der Waals surface area (Å²) in [7, 11) is 2.13. The molecule has 0 rings (SSSR count). The number of hydrogen-bond acceptors (Lipinski definition) is 2. The molecular formula is C12H27NO. The van der Waals surface area contributed by atoms with Gasteiger partial charge in [-0.1, -0.05) is 34.6 Å². The van der Waals surface area contributed by atoms with Gasteiger partial charge in [-0.15, -0.1) is 0 Å². The van der Waals surface area contributed by atoms with Crippen LogP contribution < -0.4 is 0 Å². The molecule has 0 fully saturated rings. The molecule has 0 radical (unpaired) electrons. The van der Waals surface area contributed by atoms with Crippen LogP contribution in [-0.2, 0) is 0 Å². The van der Waals surface area contributed by atoms with Crippen LogP contribution in [0.5, 0.6) is 0 Å². The Labute approximate surface area is 89.3 Å². The molecule has 0 saturated heterocycles. The monoisotopic (exact) mass is 201 g/mol. The maximum Gasteiger partial charge on any atom is 0.0494 e. The van der Waals surface area contributed by atoms with E-state index in [1.807, 2.05) is 0 Å². The third kappa shape index (κ3) is 5.61. The van der Waals surface area contributed by atoms with Crippen LogP contribution in [0, 0.1) is 10.8 Å². The molecule has 0 amide bonds. The Morgan fingerprint density at radius 1 is 1.00 bits per heavy atom. The van der Waals surface area contributed by atoms with Crippen molar-refractivity contribution in [3.05, 3.63) is 0 Å². The first-order chi connectivity index (χ1) is 6.22. The summed E-state index contributed by atoms with van der Waals surface area (Å²) in [6.07, 6.45) is 1.19. The maximum atomic E-state index is 9.17. The van der Waals surface area contributed by atoms with Gasteiger partial charge in [0.15, 0.2) is 0 Å². The average Bonchev–Trinajstić information content (AvgIpc) is 2.02. The van der Waals surface area contributed by atoms with Crippen molar-refractivity contribution in [1.29, 1.82) is 0 Å². The van der Waals surface area contributed by atoms with Crippen LogP contribution in [0.25, 0.3) is 0 Å². The Bertz CT molecular complexity index is 146. The topological polar surface area (TPSA) is 23.5 Å². The Hall–Kier alpha value is -0.0800. The molecule has 86 valence electrons. The Morgan fingerprint density at radius 2 is 1.43 bits per heavy atom. The molecule has 0 unspecified atom stereocenters. The molecule has 0 saturated carbocycles. The SMILES string of the molecule is CCC(C)(C)CN(C)CC(C)(C)CO. The number of hydrogen-bond donors (Lipinski definition) is 1. The van der Waals surface area contributed by atoms with Crippen molar-refractivity contribution in [3.63, 3.8) is 0 Å². The quantitative estimate of drug-likeness (QED) is 0.713. The van der Waals surface area contributed by atoms with Gasteiger partial charge in [0, 0.05) is 25.1 Å². The molecule has 0 aromatic rings. The average molecular weight is 201 g/mol. The van der Waals surface area contributed by atoms with Crippen molar-refractivity contribution >= 4 is 0 Å². The van der Waals surface area contributed by atoms with Gasteiger partial charge in [-0.2, -0.15) is 0 Å². The third-order valence-corrected chi connectivity index (χ3v) is 2.78. The molecule has 0 bridgehead atoms. The van der Waals surface area contributed by atoms with E-state index in [0.717, 1.165) is 13.1 Å². The molecule has 2 heteroatoms. The number of aliphatic hydroxyl groups is 1. The molecule has 2 nitrogen and oxygen atoms in total. The van der Waals surface area contributed by atoms with Crippen molar-refractivity contribution in [2.45, 2.75) is 41.0 Å². The van der Waals surface area contributed by atoms with Crippen LogP contribution >= 0.6 is 0 Å². The molecule has 0 atom stereocenters. The maximum absolute atomic E-state index is 9.17. The van der Waals surface area contributed by atoms with Gasteiger partial charge >= 0.3 is 0 Å². The minimum Gasteiger partial charge on any atom is -0.396 e. The van der Waals surface area contributed by atoms with Crippen molar-refractivity contribution in [2.24, 2.45) is 10.8 Å². The van der Waals surface area contributed by atoms with Gasteiger partial charge < -0.3 is 10.0 Å². The van der Waals surface area contributed by atoms with Gasteiger partial charge in [0.2, 0.25) is 0 Å². The van der Waals surface area contributed by atoms with Crippen LogP contribution in [0.4, 0.5) is 0 Å². The van der Waals surface area contributed by atoms with E-state index < -0.39 is 0 Å². The van der Waals surface area contributed by atoms with Gasteiger partial charge in [0.1, 0.15) is 0 Å². The zero-order valence-corrected chi connectivity index (χ0v) is 10.7. The van der Waals surface area contributed by atoms with Crippen LogP contribution in [0.2, 0.25) is 0 Å². The highest BCUT2D eigenvalue weighted by Crippen LogP contribution is 2.23. The predicted octanol–water partition coefficient (Wildman–Crippen LogP) is 2.37. The Kier molecular flexibility index (Phi) is 5.10. The largest absolute Gasteiger partial charge is 0.396 e. The lowest BCUT2D eigenvalue weighted by Crippen LogP contribution is -2.38. The lowest BCUT2D eigenvalue weighted by molar-refractivity contribution is 0.0944. The summed E-state index contributed by atoms with van der Waals surface area (Å²) in [4.78, 5) is 2.32. The molecule has 0 aromatic heterocycles. The highest BCUT2D eigenvalue weighted by molar-refractivity contribution is 4.76. The van der Waals surface area contributed by atoms with E-state index in [4.69, 9.17) is 0 Å². The summed E-state index contributed by atoms with van der Waals surface area (Å²) < 4.78 is 0. The fourth-order valence-electron chi connectivity index (χ4n) is 1.68. The minimum absolute atomic E-state index is 0.0125. The molecular weight excluding hydrogens is 174 g/mol. The smallest absolute Gasteiger partial charge is 0.0494 e. The van der Waals surface area contributed by atoms with Crippen LogP contribution in [0.3, 0.4) is 0 Å². The normalized spacial score (nSPS) is 13.7. The van der Waals surface area contributed by atoms with Crippen LogP contribution in [0.15, 0.2) is 0 Å². The van der Waals surface area contributed by atoms with Gasteiger partial charge in [-0.25, -0.2) is 0 Å². The van der Waals surface area contributed by atoms with Crippen molar-refractivity contribution in [3.8, 4) is 0 Å². The van der Waals surface area contributed by atoms with Crippen LogP contribution in [-0.4, -0.2) is 36.8 Å². The summed E-state index contributed by atoms with van der Waals surface area (Å²) in [5.74, 6) is 0. The van der Waals surface area contributed by atoms with Gasteiger partial charge in [-0.05, 0) is 18.9 Å². The first kappa shape index (κ1) is 13.9. The van der Waals surface area contributed by atoms with Crippen molar-refractivity contribution in [2.75, 3.05) is 26.7 Å². The Balaban J connectivity index is 4.04. The minimum atomic E-state index is 0.0125. The summed E-state index contributed by atoms with van der Waals surface area (Å²) >= 11 is 0. The second kappa shape index (κ2) is 5.13. The second-order valence-corrected chi connectivity index (χ2v) is 6.01. The van der Waals surface area contributed by atoms with Crippen LogP contribution in [0.1, 0.15) is 41.0 Å². The lowest BCUT2D eigenvalue weighted by atomic mass is 9.88. The zero-order chi connectivity index (χ0) is 11.4. The van der Waals surface area contributed by atoms with Crippen molar-refractivity contribution < 1.29 is 5.11 Å². The van der Waals surface area contributed by atoms with Gasteiger partial charge in [0.25, 0.3) is 0 Å². The van der Waals surface area contributed by atoms with E-state index in [0.29, 0.717) is 5.41 Å². The zero-order valence-electron chi connectivity index (χ0n) is 10.7. The van der Waals surface area contributed by atoms with E-state index >= 15 is 0 Å². The Morgan fingerprint density at radius 3 is 1.79 bits per heavy atom. The number of aliphatic hydroxyl groups excluding tert-OH is 1. The molecule has 0 aliphatic carbocycles. The van der Waals surface area contributed by atoms with Gasteiger partial charge in [-0.3, -0.25) is 0 Å². The molecule has 14 heavy (non-hydrogen) atoms. The van der Waals surface area contributed by atoms with E-state index in [1.165, 1.54) is 6.42 Å². The molecule has 0 spiro atoms. The molecule has 1 N–H and O–H groups in total. The second-order valence-electron chi connectivity index (χ2n) is 6.01. The molecule has 0 heterocycles. The highest BCUT2D eigenvalue weighted by atomic mass is 16.3. The fourth-order valence-corrected chi connectivity index (χ4v) is 1.68. The molecule has 0 aliphatic heterocycles. The lowest BCUT2D eigenvalue weighted by Gasteiger charge is -2.34. The third-order valence-electron chi connectivity index (χ3n) is 2.78. The fraction of sp³-hybridized carbons (Fsp3) is 1.00. The van der Waals surface area contributed by atoms with E-state index in [9.17, 15) is 5.11 Å². The first-order valence-corrected chi connectivity index (χ1v) is 5.52. The van der Waals surface area contributed by atoms with E-state index in [2.05, 4.69) is 46.6 Å². The number of nitrogens with zero attached hydrogens (tertiary/aromatic N) is 1. The highest BCUT2D eigenvalue weighted by Gasteiger charge is 2.23.